The van der Waals surface area contributed by atoms with Gasteiger partial charge in [-0.05, 0) is 13.0 Å². The van der Waals surface area contributed by atoms with E-state index in [0.717, 1.165) is 4.70 Å². The number of nitrogens with zero attached hydrogens (tertiary/aromatic N) is 2. The molecule has 0 fully saturated rings. The van der Waals surface area contributed by atoms with Crippen molar-refractivity contribution in [1.82, 2.24) is 20.6 Å². The highest BCUT2D eigenvalue weighted by Crippen LogP contribution is 2.20. The number of hydrogen-bond donors (Lipinski definition) is 2. The molecule has 2 aromatic heterocycles. The van der Waals surface area contributed by atoms with E-state index >= 15 is 0 Å². The Morgan fingerprint density at radius 3 is 2.89 bits per heavy atom. The van der Waals surface area contributed by atoms with Gasteiger partial charge >= 0.3 is 0 Å². The van der Waals surface area contributed by atoms with Gasteiger partial charge in [0.15, 0.2) is 5.01 Å². The molecule has 2 N–H and O–H groups in total. The predicted octanol–water partition coefficient (Wildman–Crippen LogP) is 0.556. The van der Waals surface area contributed by atoms with Crippen molar-refractivity contribution in [2.24, 2.45) is 0 Å². The largest absolute Gasteiger partial charge is 0.357 e. The van der Waals surface area contributed by atoms with Gasteiger partial charge in [-0.15, -0.1) is 11.3 Å². The second kappa shape index (κ2) is 5.09. The number of nitrogens with one attached hydrogen (secondary N) is 2. The molecule has 94 valence electrons. The molecule has 0 unspecified atom stereocenters. The molecule has 0 aromatic carbocycles. The lowest BCUT2D eigenvalue weighted by molar-refractivity contribution is -0.122. The van der Waals surface area contributed by atoms with Gasteiger partial charge in [0.05, 0.1) is 10.9 Å². The summed E-state index contributed by atoms with van der Waals surface area (Å²) >= 11 is 1.27. The first-order valence-corrected chi connectivity index (χ1v) is 6.16. The third-order valence-electron chi connectivity index (χ3n) is 2.37. The van der Waals surface area contributed by atoms with E-state index in [9.17, 15) is 9.59 Å². The number of fused-ring (bicyclic) bond motifs is 1. The van der Waals surface area contributed by atoms with Gasteiger partial charge in [0.2, 0.25) is 5.91 Å². The van der Waals surface area contributed by atoms with Gasteiger partial charge in [0.1, 0.15) is 11.6 Å². The van der Waals surface area contributed by atoms with E-state index in [1.165, 1.54) is 18.4 Å². The quantitative estimate of drug-likeness (QED) is 0.848. The van der Waals surface area contributed by atoms with Crippen molar-refractivity contribution < 1.29 is 9.59 Å². The van der Waals surface area contributed by atoms with Crippen LogP contribution in [0.1, 0.15) is 16.7 Å². The van der Waals surface area contributed by atoms with Crippen LogP contribution in [0.4, 0.5) is 0 Å². The molecule has 6 nitrogen and oxygen atoms in total. The summed E-state index contributed by atoms with van der Waals surface area (Å²) < 4.78 is 0.891. The number of amides is 2. The average molecular weight is 264 g/mol. The molecule has 0 saturated heterocycles. The lowest BCUT2D eigenvalue weighted by atomic mass is 10.3. The normalized spacial score (nSPS) is 12.1. The summed E-state index contributed by atoms with van der Waals surface area (Å²) in [5.74, 6) is -0.599. The third-order valence-corrected chi connectivity index (χ3v) is 3.41. The van der Waals surface area contributed by atoms with Crippen LogP contribution < -0.4 is 10.6 Å². The Balaban J connectivity index is 2.16. The Morgan fingerprint density at radius 1 is 1.44 bits per heavy atom. The van der Waals surface area contributed by atoms with Crippen LogP contribution in [0.5, 0.6) is 0 Å². The molecule has 0 aliphatic carbocycles. The number of pyridine rings is 1. The highest BCUT2D eigenvalue weighted by molar-refractivity contribution is 7.20. The smallest absolute Gasteiger partial charge is 0.280 e. The van der Waals surface area contributed by atoms with Crippen molar-refractivity contribution in [3.63, 3.8) is 0 Å². The molecule has 18 heavy (non-hydrogen) atoms. The van der Waals surface area contributed by atoms with Crippen molar-refractivity contribution in [3.05, 3.63) is 23.5 Å². The number of carbonyl (C=O) groups excluding carboxylic acids is 2. The molecule has 0 radical (unpaired) electrons. The fourth-order valence-corrected chi connectivity index (χ4v) is 2.25. The number of hydrogen-bond acceptors (Lipinski definition) is 5. The predicted molar refractivity (Wildman–Crippen MR) is 68.4 cm³/mol. The molecule has 2 rings (SSSR count). The summed E-state index contributed by atoms with van der Waals surface area (Å²) in [6.07, 6.45) is 3.25. The molecular weight excluding hydrogens is 252 g/mol. The number of carbonyl (C=O) groups is 2. The summed E-state index contributed by atoms with van der Waals surface area (Å²) in [4.78, 5) is 31.3. The molecule has 7 heteroatoms. The molecule has 0 bridgehead atoms. The van der Waals surface area contributed by atoms with Crippen LogP contribution in [0, 0.1) is 0 Å². The van der Waals surface area contributed by atoms with Crippen LogP contribution in [0.3, 0.4) is 0 Å². The summed E-state index contributed by atoms with van der Waals surface area (Å²) in [7, 11) is 1.52. The molecule has 0 aliphatic rings. The van der Waals surface area contributed by atoms with Gasteiger partial charge in [-0.25, -0.2) is 4.98 Å². The monoisotopic (exact) mass is 264 g/mol. The van der Waals surface area contributed by atoms with E-state index in [2.05, 4.69) is 20.6 Å². The van der Waals surface area contributed by atoms with Crippen molar-refractivity contribution in [2.45, 2.75) is 13.0 Å². The van der Waals surface area contributed by atoms with Crippen LogP contribution in [0.25, 0.3) is 10.2 Å². The summed E-state index contributed by atoms with van der Waals surface area (Å²) in [5.41, 5.74) is 0.681. The summed E-state index contributed by atoms with van der Waals surface area (Å²) in [6, 6.07) is 1.21. The number of thiazole rings is 1. The van der Waals surface area contributed by atoms with Gasteiger partial charge in [0, 0.05) is 13.2 Å². The van der Waals surface area contributed by atoms with E-state index in [1.54, 1.807) is 25.4 Å². The third kappa shape index (κ3) is 2.45. The minimum absolute atomic E-state index is 0.244. The average Bonchev–Trinajstić information content (AvgIpc) is 2.81. The van der Waals surface area contributed by atoms with E-state index in [0.29, 0.717) is 10.5 Å². The van der Waals surface area contributed by atoms with Gasteiger partial charge in [-0.2, -0.15) is 0 Å². The van der Waals surface area contributed by atoms with Gasteiger partial charge in [-0.1, -0.05) is 0 Å². The highest BCUT2D eigenvalue weighted by atomic mass is 32.1. The van der Waals surface area contributed by atoms with E-state index in [4.69, 9.17) is 0 Å². The van der Waals surface area contributed by atoms with Crippen LogP contribution >= 0.6 is 11.3 Å². The zero-order valence-electron chi connectivity index (χ0n) is 9.93. The zero-order valence-corrected chi connectivity index (χ0v) is 10.7. The standard InChI is InChI=1S/C11H12N4O2S/c1-6(9(16)12-2)14-10(17)11-15-7-5-13-4-3-8(7)18-11/h3-6H,1-2H3,(H,12,16)(H,14,17)/t6-/m0/s1. The van der Waals surface area contributed by atoms with Crippen LogP contribution in [-0.2, 0) is 4.79 Å². The number of aromatic nitrogens is 2. The SMILES string of the molecule is CNC(=O)[C@H](C)NC(=O)c1nc2cnccc2s1. The first kappa shape index (κ1) is 12.4. The van der Waals surface area contributed by atoms with Crippen molar-refractivity contribution >= 4 is 33.4 Å². The zero-order chi connectivity index (χ0) is 13.1. The highest BCUT2D eigenvalue weighted by Gasteiger charge is 2.18. The Morgan fingerprint density at radius 2 is 2.22 bits per heavy atom. The molecule has 1 atom stereocenters. The lowest BCUT2D eigenvalue weighted by Gasteiger charge is -2.10. The van der Waals surface area contributed by atoms with Crippen LogP contribution in [0.15, 0.2) is 18.5 Å². The Labute approximate surface area is 107 Å². The Bertz CT molecular complexity index is 562. The van der Waals surface area contributed by atoms with Gasteiger partial charge in [-0.3, -0.25) is 14.6 Å². The Hall–Kier alpha value is -2.02. The summed E-state index contributed by atoms with van der Waals surface area (Å²) in [5, 5.41) is 5.38. The molecule has 0 spiro atoms. The van der Waals surface area contributed by atoms with Crippen LogP contribution in [0.2, 0.25) is 0 Å². The molecule has 0 saturated carbocycles. The van der Waals surface area contributed by atoms with E-state index in [1.807, 2.05) is 0 Å². The van der Waals surface area contributed by atoms with Crippen LogP contribution in [-0.4, -0.2) is 34.9 Å². The number of likely N-dealkylation sites (N-methyl/N-ethyl adjacent to an activating group) is 1. The van der Waals surface area contributed by atoms with Crippen molar-refractivity contribution in [3.8, 4) is 0 Å². The second-order valence-electron chi connectivity index (χ2n) is 3.67. The molecule has 0 aliphatic heterocycles. The maximum atomic E-state index is 11.9. The molecule has 2 heterocycles. The van der Waals surface area contributed by atoms with Gasteiger partial charge < -0.3 is 10.6 Å². The Kier molecular flexibility index (Phi) is 3.52. The molecule has 2 amide bonds. The minimum Gasteiger partial charge on any atom is -0.357 e. The fourth-order valence-electron chi connectivity index (χ4n) is 1.42. The molecule has 2 aromatic rings. The fraction of sp³-hybridized carbons (Fsp3) is 0.273. The molecular formula is C11H12N4O2S. The maximum Gasteiger partial charge on any atom is 0.280 e. The van der Waals surface area contributed by atoms with Gasteiger partial charge in [0.25, 0.3) is 5.91 Å². The van der Waals surface area contributed by atoms with Crippen molar-refractivity contribution in [2.75, 3.05) is 7.05 Å². The first-order valence-electron chi connectivity index (χ1n) is 5.35. The second-order valence-corrected chi connectivity index (χ2v) is 4.70. The lowest BCUT2D eigenvalue weighted by Crippen LogP contribution is -2.43. The minimum atomic E-state index is -0.590. The van der Waals surface area contributed by atoms with Crippen molar-refractivity contribution in [1.29, 1.82) is 0 Å². The van der Waals surface area contributed by atoms with E-state index in [-0.39, 0.29) is 11.8 Å². The number of rotatable bonds is 3. The first-order chi connectivity index (χ1) is 8.61. The van der Waals surface area contributed by atoms with E-state index < -0.39 is 6.04 Å². The maximum absolute atomic E-state index is 11.9. The topological polar surface area (TPSA) is 84.0 Å². The summed E-state index contributed by atoms with van der Waals surface area (Å²) in [6.45, 7) is 1.62.